The molecule has 0 aromatic heterocycles. The third kappa shape index (κ3) is 2.54. The number of nitrogens with zero attached hydrogens (tertiary/aromatic N) is 1. The molecule has 0 radical (unpaired) electrons. The fourth-order valence-corrected chi connectivity index (χ4v) is 8.13. The minimum atomic E-state index is -0.596. The highest BCUT2D eigenvalue weighted by Gasteiger charge is 2.64. The molecule has 0 aromatic rings. The Hall–Kier alpha value is -1.32. The summed E-state index contributed by atoms with van der Waals surface area (Å²) in [5.74, 6) is 1.71. The highest BCUT2D eigenvalue weighted by atomic mass is 16.4. The predicted octanol–water partition coefficient (Wildman–Crippen LogP) is 4.35. The molecular formula is C23H35NO3. The standard InChI is InChI=1S/C23H35NO3/c1-5-6-14-13-18-23(3,12-10-19(25)24(18)4)16-9-11-22(2)15(20(14)16)7-8-17(22)21(26)27/h5,14-18,20H,1,6-13H2,2-4H3,(H,26,27). The second-order valence-electron chi connectivity index (χ2n) is 10.3. The van der Waals surface area contributed by atoms with E-state index < -0.39 is 5.97 Å². The molecule has 1 aliphatic heterocycles. The monoisotopic (exact) mass is 373 g/mol. The van der Waals surface area contributed by atoms with Crippen LogP contribution in [0.4, 0.5) is 0 Å². The summed E-state index contributed by atoms with van der Waals surface area (Å²) in [6, 6.07) is 0.325. The molecule has 4 nitrogen and oxygen atoms in total. The van der Waals surface area contributed by atoms with Gasteiger partial charge in [-0.25, -0.2) is 0 Å². The summed E-state index contributed by atoms with van der Waals surface area (Å²) in [7, 11) is 2.00. The number of carboxylic acids is 1. The number of rotatable bonds is 3. The molecule has 8 atom stereocenters. The van der Waals surface area contributed by atoms with Crippen LogP contribution in [0.25, 0.3) is 0 Å². The molecule has 1 N–H and O–H groups in total. The van der Waals surface area contributed by atoms with Crippen molar-refractivity contribution in [1.29, 1.82) is 0 Å². The summed E-state index contributed by atoms with van der Waals surface area (Å²) >= 11 is 0. The summed E-state index contributed by atoms with van der Waals surface area (Å²) < 4.78 is 0. The number of carbonyl (C=O) groups is 2. The first kappa shape index (κ1) is 19.0. The lowest BCUT2D eigenvalue weighted by Crippen LogP contribution is -2.63. The van der Waals surface area contributed by atoms with Gasteiger partial charge >= 0.3 is 5.97 Å². The van der Waals surface area contributed by atoms with Crippen molar-refractivity contribution in [2.75, 3.05) is 7.05 Å². The third-order valence-electron chi connectivity index (χ3n) is 9.52. The first-order valence-electron chi connectivity index (χ1n) is 10.8. The largest absolute Gasteiger partial charge is 0.481 e. The third-order valence-corrected chi connectivity index (χ3v) is 9.52. The predicted molar refractivity (Wildman–Crippen MR) is 105 cm³/mol. The summed E-state index contributed by atoms with van der Waals surface area (Å²) in [5, 5.41) is 9.82. The maximum atomic E-state index is 12.4. The lowest BCUT2D eigenvalue weighted by molar-refractivity contribution is -0.171. The van der Waals surface area contributed by atoms with Crippen LogP contribution in [-0.4, -0.2) is 35.0 Å². The lowest BCUT2D eigenvalue weighted by atomic mass is 9.44. The first-order valence-corrected chi connectivity index (χ1v) is 10.8. The van der Waals surface area contributed by atoms with Crippen molar-refractivity contribution in [3.05, 3.63) is 12.7 Å². The van der Waals surface area contributed by atoms with Gasteiger partial charge in [-0.15, -0.1) is 6.58 Å². The van der Waals surface area contributed by atoms with E-state index in [9.17, 15) is 14.7 Å². The Morgan fingerprint density at radius 3 is 2.59 bits per heavy atom. The SMILES string of the molecule is C=CCC1CC2N(C)C(=O)CCC2(C)C2CCC3(C)C(C(=O)O)CCC3C12. The van der Waals surface area contributed by atoms with Crippen molar-refractivity contribution in [2.24, 2.45) is 40.4 Å². The van der Waals surface area contributed by atoms with Gasteiger partial charge in [-0.3, -0.25) is 9.59 Å². The number of piperidine rings is 1. The zero-order valence-electron chi connectivity index (χ0n) is 17.1. The Morgan fingerprint density at radius 2 is 1.93 bits per heavy atom. The average molecular weight is 374 g/mol. The number of hydrogen-bond acceptors (Lipinski definition) is 2. The van der Waals surface area contributed by atoms with Crippen LogP contribution in [0, 0.1) is 40.4 Å². The number of fused-ring (bicyclic) bond motifs is 5. The molecule has 1 amide bonds. The number of likely N-dealkylation sites (tertiary alicyclic amines) is 1. The fraction of sp³-hybridized carbons (Fsp3) is 0.826. The summed E-state index contributed by atoms with van der Waals surface area (Å²) in [6.45, 7) is 8.70. The number of aliphatic carboxylic acids is 1. The van der Waals surface area contributed by atoms with Gasteiger partial charge < -0.3 is 10.0 Å². The van der Waals surface area contributed by atoms with Crippen LogP contribution in [0.5, 0.6) is 0 Å². The van der Waals surface area contributed by atoms with Gasteiger partial charge in [0.15, 0.2) is 0 Å². The van der Waals surface area contributed by atoms with Crippen molar-refractivity contribution in [3.63, 3.8) is 0 Å². The molecule has 4 aliphatic rings. The van der Waals surface area contributed by atoms with Gasteiger partial charge in [-0.05, 0) is 79.4 Å². The molecule has 150 valence electrons. The van der Waals surface area contributed by atoms with Gasteiger partial charge in [0, 0.05) is 19.5 Å². The highest BCUT2D eigenvalue weighted by Crippen LogP contribution is 2.67. The molecule has 0 spiro atoms. The Bertz CT molecular complexity index is 660. The molecule has 1 heterocycles. The van der Waals surface area contributed by atoms with Crippen LogP contribution in [0.1, 0.15) is 65.2 Å². The summed E-state index contributed by atoms with van der Waals surface area (Å²) in [4.78, 5) is 26.4. The number of carbonyl (C=O) groups excluding carboxylic acids is 1. The highest BCUT2D eigenvalue weighted by molar-refractivity contribution is 5.77. The molecule has 0 aromatic carbocycles. The van der Waals surface area contributed by atoms with Gasteiger partial charge in [0.2, 0.25) is 5.91 Å². The van der Waals surface area contributed by atoms with E-state index in [1.807, 2.05) is 18.0 Å². The maximum Gasteiger partial charge on any atom is 0.307 e. The Labute approximate surface area is 163 Å². The number of carboxylic acid groups (broad SMARTS) is 1. The van der Waals surface area contributed by atoms with Crippen molar-refractivity contribution < 1.29 is 14.7 Å². The van der Waals surface area contributed by atoms with Crippen LogP contribution in [0.15, 0.2) is 12.7 Å². The number of allylic oxidation sites excluding steroid dienone is 1. The first-order chi connectivity index (χ1) is 12.7. The molecule has 0 bridgehead atoms. The molecular weight excluding hydrogens is 338 g/mol. The van der Waals surface area contributed by atoms with Gasteiger partial charge in [-0.1, -0.05) is 19.9 Å². The maximum absolute atomic E-state index is 12.4. The van der Waals surface area contributed by atoms with Gasteiger partial charge in [-0.2, -0.15) is 0 Å². The van der Waals surface area contributed by atoms with E-state index in [1.165, 1.54) is 0 Å². The Kier molecular flexibility index (Phi) is 4.47. The van der Waals surface area contributed by atoms with Crippen LogP contribution in [0.3, 0.4) is 0 Å². The molecule has 4 fully saturated rings. The van der Waals surface area contributed by atoms with Crippen molar-refractivity contribution in [2.45, 2.75) is 71.3 Å². The minimum absolute atomic E-state index is 0.0635. The van der Waals surface area contributed by atoms with E-state index >= 15 is 0 Å². The topological polar surface area (TPSA) is 57.6 Å². The fourth-order valence-electron chi connectivity index (χ4n) is 8.13. The summed E-state index contributed by atoms with van der Waals surface area (Å²) in [5.41, 5.74) is 0.111. The van der Waals surface area contributed by atoms with E-state index in [1.54, 1.807) is 0 Å². The zero-order valence-corrected chi connectivity index (χ0v) is 17.1. The van der Waals surface area contributed by atoms with E-state index in [4.69, 9.17) is 0 Å². The van der Waals surface area contributed by atoms with Crippen molar-refractivity contribution in [1.82, 2.24) is 4.90 Å². The van der Waals surface area contributed by atoms with E-state index in [0.717, 1.165) is 44.9 Å². The van der Waals surface area contributed by atoms with E-state index in [0.29, 0.717) is 42.0 Å². The van der Waals surface area contributed by atoms with E-state index in [-0.39, 0.29) is 16.7 Å². The smallest absolute Gasteiger partial charge is 0.307 e. The van der Waals surface area contributed by atoms with Gasteiger partial charge in [0.1, 0.15) is 0 Å². The van der Waals surface area contributed by atoms with Gasteiger partial charge in [0.05, 0.1) is 5.92 Å². The Balaban J connectivity index is 1.73. The molecule has 4 rings (SSSR count). The van der Waals surface area contributed by atoms with Gasteiger partial charge in [0.25, 0.3) is 0 Å². The normalized spacial score (nSPS) is 49.1. The molecule has 8 unspecified atom stereocenters. The second-order valence-corrected chi connectivity index (χ2v) is 10.3. The van der Waals surface area contributed by atoms with Crippen LogP contribution < -0.4 is 0 Å². The number of hydrogen-bond donors (Lipinski definition) is 1. The average Bonchev–Trinajstić information content (AvgIpc) is 2.97. The minimum Gasteiger partial charge on any atom is -0.481 e. The molecule has 1 saturated heterocycles. The van der Waals surface area contributed by atoms with Crippen LogP contribution in [0.2, 0.25) is 0 Å². The molecule has 3 aliphatic carbocycles. The van der Waals surface area contributed by atoms with Crippen LogP contribution in [-0.2, 0) is 9.59 Å². The lowest BCUT2D eigenvalue weighted by Gasteiger charge is -2.64. The molecule has 3 saturated carbocycles. The zero-order chi connectivity index (χ0) is 19.6. The van der Waals surface area contributed by atoms with Crippen molar-refractivity contribution in [3.8, 4) is 0 Å². The molecule has 4 heteroatoms. The molecule has 27 heavy (non-hydrogen) atoms. The van der Waals surface area contributed by atoms with Crippen molar-refractivity contribution >= 4 is 11.9 Å². The summed E-state index contributed by atoms with van der Waals surface area (Å²) in [6.07, 6.45) is 9.77. The van der Waals surface area contributed by atoms with Crippen LogP contribution >= 0.6 is 0 Å². The second kappa shape index (κ2) is 6.35. The quantitative estimate of drug-likeness (QED) is 0.748. The Morgan fingerprint density at radius 1 is 1.22 bits per heavy atom. The van der Waals surface area contributed by atoms with E-state index in [2.05, 4.69) is 20.4 Å². The number of amides is 1.